The van der Waals surface area contributed by atoms with E-state index in [1.54, 1.807) is 0 Å². The van der Waals surface area contributed by atoms with E-state index in [0.29, 0.717) is 0 Å². The van der Waals surface area contributed by atoms with Crippen LogP contribution in [0.1, 0.15) is 25.7 Å². The molecule has 3 aliphatic carbocycles. The Bertz CT molecular complexity index is 1080. The molecule has 0 bridgehead atoms. The normalized spacial score (nSPS) is 16.9. The van der Waals surface area contributed by atoms with E-state index in [1.807, 2.05) is 0 Å². The van der Waals surface area contributed by atoms with E-state index < -0.39 is 15.8 Å². The predicted octanol–water partition coefficient (Wildman–Crippen LogP) is 9.34. The summed E-state index contributed by atoms with van der Waals surface area (Å²) in [6, 6.07) is 43.1. The first kappa shape index (κ1) is 39.2. The maximum atomic E-state index is 2.27. The second kappa shape index (κ2) is 23.2. The van der Waals surface area contributed by atoms with E-state index in [4.69, 9.17) is 0 Å². The molecule has 0 aromatic heterocycles. The number of rotatable bonds is 6. The molecule has 3 saturated carbocycles. The molecule has 3 aliphatic rings. The van der Waals surface area contributed by atoms with Crippen molar-refractivity contribution in [2.75, 3.05) is 0 Å². The number of hydrogen-bond acceptors (Lipinski definition) is 0. The molecule has 0 spiro atoms. The Morgan fingerprint density at radius 2 is 0.543 bits per heavy atom. The summed E-state index contributed by atoms with van der Waals surface area (Å²) in [5, 5.41) is 5.63. The molecule has 0 atom stereocenters. The second-order valence-electron chi connectivity index (χ2n) is 10.4. The third-order valence-electron chi connectivity index (χ3n) is 7.20. The van der Waals surface area contributed by atoms with Crippen LogP contribution in [0, 0.1) is 88.4 Å². The SMILES string of the molecule is [CH]1[CH]CC[CH][CH]CC1.[CH]1[CH][CH][C](P(c2ccccc2)c2ccccc2)[CH]1.[CH]1[CH][CH][C](P(c2ccccc2)c2ccccc2)[CH]1.[Fe].[Ni]. The first-order valence-corrected chi connectivity index (χ1v) is 18.1. The van der Waals surface area contributed by atoms with E-state index in [9.17, 15) is 0 Å². The van der Waals surface area contributed by atoms with Crippen molar-refractivity contribution in [2.45, 2.75) is 25.7 Å². The third-order valence-corrected chi connectivity index (χ3v) is 12.1. The van der Waals surface area contributed by atoms with Crippen molar-refractivity contribution < 1.29 is 33.6 Å². The molecule has 14 radical (unpaired) electrons. The van der Waals surface area contributed by atoms with E-state index in [-0.39, 0.29) is 33.6 Å². The van der Waals surface area contributed by atoms with E-state index in [0.717, 1.165) is 0 Å². The van der Waals surface area contributed by atoms with Gasteiger partial charge in [-0.15, -0.1) is 0 Å². The molecule has 7 rings (SSSR count). The van der Waals surface area contributed by atoms with Crippen LogP contribution in [-0.2, 0) is 33.6 Å². The summed E-state index contributed by atoms with van der Waals surface area (Å²) in [6.45, 7) is 0. The van der Waals surface area contributed by atoms with Gasteiger partial charge in [-0.3, -0.25) is 0 Å². The van der Waals surface area contributed by atoms with Crippen molar-refractivity contribution in [3.8, 4) is 0 Å². The molecule has 236 valence electrons. The Labute approximate surface area is 304 Å². The van der Waals surface area contributed by atoms with Crippen LogP contribution in [0.15, 0.2) is 121 Å². The zero-order valence-electron chi connectivity index (χ0n) is 25.9. The van der Waals surface area contributed by atoms with Crippen molar-refractivity contribution in [1.29, 1.82) is 0 Å². The van der Waals surface area contributed by atoms with E-state index >= 15 is 0 Å². The average Bonchev–Trinajstić information content (AvgIpc) is 3.80. The first-order valence-electron chi connectivity index (χ1n) is 15.4. The van der Waals surface area contributed by atoms with Gasteiger partial charge in [0.2, 0.25) is 0 Å². The fraction of sp³-hybridized carbons (Fsp3) is 0.0952. The van der Waals surface area contributed by atoms with Crippen LogP contribution in [0.2, 0.25) is 0 Å². The van der Waals surface area contributed by atoms with Gasteiger partial charge >= 0.3 is 0 Å². The molecular weight excluding hydrogens is 681 g/mol. The van der Waals surface area contributed by atoms with Gasteiger partial charge in [-0.05, 0) is 140 Å². The molecule has 3 fully saturated rings. The van der Waals surface area contributed by atoms with Crippen molar-refractivity contribution in [3.63, 3.8) is 0 Å². The van der Waals surface area contributed by atoms with Crippen molar-refractivity contribution in [3.05, 3.63) is 210 Å². The quantitative estimate of drug-likeness (QED) is 0.138. The van der Waals surface area contributed by atoms with Crippen molar-refractivity contribution in [2.24, 2.45) is 0 Å². The molecule has 46 heavy (non-hydrogen) atoms. The summed E-state index contributed by atoms with van der Waals surface area (Å²) in [7, 11) is -0.818. The predicted molar refractivity (Wildman–Crippen MR) is 195 cm³/mol. The van der Waals surface area contributed by atoms with Gasteiger partial charge in [-0.2, -0.15) is 0 Å². The minimum Gasteiger partial charge on any atom is -0.0622 e. The monoisotopic (exact) mass is 720 g/mol. The van der Waals surface area contributed by atoms with Crippen LogP contribution in [0.25, 0.3) is 0 Å². The molecule has 4 aromatic carbocycles. The Morgan fingerprint density at radius 3 is 0.761 bits per heavy atom. The van der Waals surface area contributed by atoms with Crippen molar-refractivity contribution >= 4 is 37.1 Å². The van der Waals surface area contributed by atoms with Gasteiger partial charge < -0.3 is 0 Å². The zero-order chi connectivity index (χ0) is 30.1. The maximum Gasteiger partial charge on any atom is 0.0161 e. The summed E-state index contributed by atoms with van der Waals surface area (Å²) in [5.74, 6) is 0. The molecule has 0 N–H and O–H groups in total. The van der Waals surface area contributed by atoms with E-state index in [1.165, 1.54) is 58.2 Å². The van der Waals surface area contributed by atoms with Crippen LogP contribution in [-0.4, -0.2) is 0 Å². The van der Waals surface area contributed by atoms with Gasteiger partial charge in [0.25, 0.3) is 0 Å². The molecule has 0 unspecified atom stereocenters. The van der Waals surface area contributed by atoms with Gasteiger partial charge in [0.1, 0.15) is 0 Å². The summed E-state index contributed by atoms with van der Waals surface area (Å²) in [5.41, 5.74) is 2.84. The first-order chi connectivity index (χ1) is 21.9. The maximum absolute atomic E-state index is 2.27. The van der Waals surface area contributed by atoms with E-state index in [2.05, 4.69) is 198 Å². The topological polar surface area (TPSA) is 0 Å². The minimum atomic E-state index is -0.409. The van der Waals surface area contributed by atoms with Gasteiger partial charge in [-0.25, -0.2) is 0 Å². The molecule has 0 amide bonds. The van der Waals surface area contributed by atoms with Gasteiger partial charge in [0.05, 0.1) is 0 Å². The zero-order valence-corrected chi connectivity index (χ0v) is 29.7. The van der Waals surface area contributed by atoms with Gasteiger partial charge in [0.15, 0.2) is 0 Å². The number of benzene rings is 4. The third kappa shape index (κ3) is 12.7. The summed E-state index contributed by atoms with van der Waals surface area (Å²) in [6.07, 6.45) is 31.4. The van der Waals surface area contributed by atoms with Crippen LogP contribution in [0.5, 0.6) is 0 Å². The smallest absolute Gasteiger partial charge is 0.0161 e. The summed E-state index contributed by atoms with van der Waals surface area (Å²) >= 11 is 0. The Hall–Kier alpha value is -1.25. The molecule has 0 aliphatic heterocycles. The minimum absolute atomic E-state index is 0. The van der Waals surface area contributed by atoms with Crippen LogP contribution >= 0.6 is 15.8 Å². The molecular formula is C42H40FeNiP2. The van der Waals surface area contributed by atoms with Gasteiger partial charge in [-0.1, -0.05) is 121 Å². The van der Waals surface area contributed by atoms with Crippen LogP contribution in [0.3, 0.4) is 0 Å². The molecule has 0 saturated heterocycles. The summed E-state index contributed by atoms with van der Waals surface area (Å²) < 4.78 is 0. The number of hydrogen-bond donors (Lipinski definition) is 0. The Kier molecular flexibility index (Phi) is 19.7. The Morgan fingerprint density at radius 1 is 0.326 bits per heavy atom. The molecule has 0 nitrogen and oxygen atoms in total. The fourth-order valence-electron chi connectivity index (χ4n) is 5.08. The largest absolute Gasteiger partial charge is 0.0622 e. The van der Waals surface area contributed by atoms with Crippen molar-refractivity contribution in [1.82, 2.24) is 0 Å². The molecule has 4 heteroatoms. The molecule has 4 aromatic rings. The fourth-order valence-corrected chi connectivity index (χ4v) is 9.70. The Balaban J connectivity index is 0.000000197. The second-order valence-corrected chi connectivity index (χ2v) is 14.8. The van der Waals surface area contributed by atoms with Crippen LogP contribution in [0.4, 0.5) is 0 Å². The molecule has 0 heterocycles. The van der Waals surface area contributed by atoms with Crippen LogP contribution < -0.4 is 21.2 Å². The average molecular weight is 721 g/mol. The standard InChI is InChI=1S/2C17H14P.C8H12.Fe.Ni/c2*1-3-9-15(10-4-1)18(17-13-7-8-14-17)16-11-5-2-6-12-16;1-2-4-6-8-7-5-3-1;;/h2*1-14H;1-2,7-8H,3-6H2;;. The summed E-state index contributed by atoms with van der Waals surface area (Å²) in [4.78, 5) is 0. The van der Waals surface area contributed by atoms with Gasteiger partial charge in [0, 0.05) is 44.9 Å².